The van der Waals surface area contributed by atoms with Gasteiger partial charge < -0.3 is 11.1 Å². The van der Waals surface area contributed by atoms with Crippen LogP contribution in [0.3, 0.4) is 0 Å². The summed E-state index contributed by atoms with van der Waals surface area (Å²) in [6.45, 7) is 4.33. The third-order valence-electron chi connectivity index (χ3n) is 2.39. The van der Waals surface area contributed by atoms with Crippen molar-refractivity contribution in [1.29, 1.82) is 0 Å². The fourth-order valence-corrected chi connectivity index (χ4v) is 1.75. The Morgan fingerprint density at radius 2 is 1.88 bits per heavy atom. The molecule has 0 aliphatic heterocycles. The molecule has 0 heterocycles. The molecule has 1 aromatic carbocycles. The first kappa shape index (κ1) is 16.4. The van der Waals surface area contributed by atoms with Crippen LogP contribution in [0.5, 0.6) is 0 Å². The largest absolute Gasteiger partial charge is 0.347 e. The molecule has 0 bridgehead atoms. The van der Waals surface area contributed by atoms with E-state index in [-0.39, 0.29) is 23.9 Å². The minimum absolute atomic E-state index is 0. The van der Waals surface area contributed by atoms with Crippen LogP contribution in [0.1, 0.15) is 25.8 Å². The lowest BCUT2D eigenvalue weighted by atomic mass is 9.94. The molecule has 1 aromatic rings. The van der Waals surface area contributed by atoms with Crippen molar-refractivity contribution in [2.24, 2.45) is 5.73 Å². The van der Waals surface area contributed by atoms with Crippen LogP contribution in [0.2, 0.25) is 0 Å². The predicted octanol–water partition coefficient (Wildman–Crippen LogP) is 2.57. The number of rotatable bonds is 4. The molecule has 0 fully saturated rings. The van der Waals surface area contributed by atoms with Crippen LogP contribution < -0.4 is 11.1 Å². The van der Waals surface area contributed by atoms with Crippen molar-refractivity contribution in [2.45, 2.75) is 25.8 Å². The van der Waals surface area contributed by atoms with E-state index in [2.05, 4.69) is 21.2 Å². The maximum atomic E-state index is 11.5. The zero-order valence-electron chi connectivity index (χ0n) is 10.00. The van der Waals surface area contributed by atoms with Crippen molar-refractivity contribution in [3.8, 4) is 0 Å². The molecule has 0 radical (unpaired) electrons. The summed E-state index contributed by atoms with van der Waals surface area (Å²) in [5, 5.41) is 2.96. The number of hydrogen-bond donors (Lipinski definition) is 2. The van der Waals surface area contributed by atoms with E-state index in [0.717, 1.165) is 10.0 Å². The molecule has 17 heavy (non-hydrogen) atoms. The van der Waals surface area contributed by atoms with Crippen LogP contribution in [-0.4, -0.2) is 12.5 Å². The summed E-state index contributed by atoms with van der Waals surface area (Å²) in [7, 11) is 0. The van der Waals surface area contributed by atoms with E-state index < -0.39 is 0 Å². The van der Waals surface area contributed by atoms with Gasteiger partial charge in [-0.3, -0.25) is 4.79 Å². The molecule has 0 saturated carbocycles. The predicted molar refractivity (Wildman–Crippen MR) is 76.2 cm³/mol. The number of nitrogens with two attached hydrogens (primary N) is 1. The number of amides is 1. The van der Waals surface area contributed by atoms with Crippen molar-refractivity contribution in [3.63, 3.8) is 0 Å². The van der Waals surface area contributed by atoms with E-state index in [1.54, 1.807) is 0 Å². The molecule has 0 unspecified atom stereocenters. The average molecular weight is 322 g/mol. The Balaban J connectivity index is 0.00000256. The van der Waals surface area contributed by atoms with Crippen LogP contribution in [-0.2, 0) is 10.3 Å². The van der Waals surface area contributed by atoms with Crippen molar-refractivity contribution < 1.29 is 4.79 Å². The smallest absolute Gasteiger partial charge is 0.221 e. The molecular weight excluding hydrogens is 304 g/mol. The Kier molecular flexibility index (Phi) is 6.75. The fourth-order valence-electron chi connectivity index (χ4n) is 1.48. The molecule has 0 aliphatic carbocycles. The summed E-state index contributed by atoms with van der Waals surface area (Å²) in [5.41, 5.74) is 6.04. The second-order valence-electron chi connectivity index (χ2n) is 4.22. The number of nitrogens with one attached hydrogen (secondary N) is 1. The second-order valence-corrected chi connectivity index (χ2v) is 5.13. The molecule has 3 N–H and O–H groups in total. The first-order chi connectivity index (χ1) is 7.45. The average Bonchev–Trinajstić information content (AvgIpc) is 2.17. The fraction of sp³-hybridized carbons (Fsp3) is 0.417. The minimum Gasteiger partial charge on any atom is -0.347 e. The standard InChI is InChI=1S/C12H17BrN2O.ClH/c1-12(2,15-11(16)7-8-14)9-3-5-10(13)6-4-9;/h3-6H,7-8,14H2,1-2H3,(H,15,16);1H. The molecule has 1 rings (SSSR count). The zero-order chi connectivity index (χ0) is 12.2. The van der Waals surface area contributed by atoms with Crippen LogP contribution in [0, 0.1) is 0 Å². The van der Waals surface area contributed by atoms with Gasteiger partial charge >= 0.3 is 0 Å². The van der Waals surface area contributed by atoms with Crippen molar-refractivity contribution in [3.05, 3.63) is 34.3 Å². The Labute approximate surface area is 117 Å². The van der Waals surface area contributed by atoms with Gasteiger partial charge in [0.05, 0.1) is 5.54 Å². The first-order valence-electron chi connectivity index (χ1n) is 5.23. The first-order valence-corrected chi connectivity index (χ1v) is 6.02. The molecule has 0 aliphatic rings. The van der Waals surface area contributed by atoms with E-state index in [1.165, 1.54) is 0 Å². The lowest BCUT2D eigenvalue weighted by molar-refractivity contribution is -0.122. The highest BCUT2D eigenvalue weighted by molar-refractivity contribution is 9.10. The number of halogens is 2. The van der Waals surface area contributed by atoms with Gasteiger partial charge in [-0.05, 0) is 31.5 Å². The van der Waals surface area contributed by atoms with Crippen molar-refractivity contribution >= 4 is 34.2 Å². The third kappa shape index (κ3) is 5.06. The topological polar surface area (TPSA) is 55.1 Å². The molecule has 5 heteroatoms. The van der Waals surface area contributed by atoms with Gasteiger partial charge in [0.1, 0.15) is 0 Å². The highest BCUT2D eigenvalue weighted by Gasteiger charge is 2.21. The second kappa shape index (κ2) is 6.99. The zero-order valence-corrected chi connectivity index (χ0v) is 12.4. The summed E-state index contributed by atoms with van der Waals surface area (Å²) in [5.74, 6) is -0.0181. The Morgan fingerprint density at radius 1 is 1.35 bits per heavy atom. The van der Waals surface area contributed by atoms with Crippen molar-refractivity contribution in [1.82, 2.24) is 5.32 Å². The Bertz CT molecular complexity index is 365. The van der Waals surface area contributed by atoms with Crippen LogP contribution in [0.4, 0.5) is 0 Å². The van der Waals surface area contributed by atoms with E-state index in [4.69, 9.17) is 5.73 Å². The summed E-state index contributed by atoms with van der Waals surface area (Å²) in [4.78, 5) is 11.5. The van der Waals surface area contributed by atoms with Crippen LogP contribution in [0.15, 0.2) is 28.7 Å². The van der Waals surface area contributed by atoms with Gasteiger partial charge in [-0.15, -0.1) is 12.4 Å². The molecule has 0 atom stereocenters. The van der Waals surface area contributed by atoms with Gasteiger partial charge in [0, 0.05) is 17.4 Å². The third-order valence-corrected chi connectivity index (χ3v) is 2.92. The molecular formula is C12H18BrClN2O. The van der Waals surface area contributed by atoms with E-state index >= 15 is 0 Å². The number of benzene rings is 1. The molecule has 96 valence electrons. The lowest BCUT2D eigenvalue weighted by Crippen LogP contribution is -2.41. The summed E-state index contributed by atoms with van der Waals surface area (Å²) in [6, 6.07) is 7.91. The van der Waals surface area contributed by atoms with E-state index in [1.807, 2.05) is 38.1 Å². The quantitative estimate of drug-likeness (QED) is 0.895. The highest BCUT2D eigenvalue weighted by atomic mass is 79.9. The lowest BCUT2D eigenvalue weighted by Gasteiger charge is -2.27. The van der Waals surface area contributed by atoms with Gasteiger partial charge in [0.25, 0.3) is 0 Å². The summed E-state index contributed by atoms with van der Waals surface area (Å²) in [6.07, 6.45) is 0.361. The Morgan fingerprint density at radius 3 is 2.35 bits per heavy atom. The number of hydrogen-bond acceptors (Lipinski definition) is 2. The maximum Gasteiger partial charge on any atom is 0.221 e. The van der Waals surface area contributed by atoms with Gasteiger partial charge in [0.2, 0.25) is 5.91 Å². The Hall–Kier alpha value is -0.580. The van der Waals surface area contributed by atoms with Gasteiger partial charge in [-0.25, -0.2) is 0 Å². The number of carbonyl (C=O) groups excluding carboxylic acids is 1. The minimum atomic E-state index is -0.368. The number of carbonyl (C=O) groups is 1. The van der Waals surface area contributed by atoms with Gasteiger partial charge in [-0.2, -0.15) is 0 Å². The SMILES string of the molecule is CC(C)(NC(=O)CCN)c1ccc(Br)cc1.Cl. The molecule has 1 amide bonds. The highest BCUT2D eigenvalue weighted by Crippen LogP contribution is 2.22. The van der Waals surface area contributed by atoms with Gasteiger partial charge in [-0.1, -0.05) is 28.1 Å². The summed E-state index contributed by atoms with van der Waals surface area (Å²) >= 11 is 3.38. The normalized spacial score (nSPS) is 10.6. The monoisotopic (exact) mass is 320 g/mol. The molecule has 0 aromatic heterocycles. The summed E-state index contributed by atoms with van der Waals surface area (Å²) < 4.78 is 1.03. The van der Waals surface area contributed by atoms with Crippen molar-refractivity contribution in [2.75, 3.05) is 6.54 Å². The van der Waals surface area contributed by atoms with Crippen LogP contribution >= 0.6 is 28.3 Å². The molecule has 0 spiro atoms. The maximum absolute atomic E-state index is 11.5. The van der Waals surface area contributed by atoms with E-state index in [0.29, 0.717) is 13.0 Å². The van der Waals surface area contributed by atoms with E-state index in [9.17, 15) is 4.79 Å². The van der Waals surface area contributed by atoms with Crippen LogP contribution in [0.25, 0.3) is 0 Å². The van der Waals surface area contributed by atoms with Gasteiger partial charge in [0.15, 0.2) is 0 Å². The molecule has 0 saturated heterocycles. The molecule has 3 nitrogen and oxygen atoms in total.